The molecule has 2 aliphatic carbocycles. The predicted octanol–water partition coefficient (Wildman–Crippen LogP) is 0.516. The van der Waals surface area contributed by atoms with Gasteiger partial charge in [0.25, 0.3) is 0 Å². The molecule has 0 aromatic carbocycles. The second-order valence-electron chi connectivity index (χ2n) is 11.2. The number of rotatable bonds is 2. The smallest absolute Gasteiger partial charge is 0.312 e. The van der Waals surface area contributed by atoms with Crippen LogP contribution in [0.2, 0.25) is 0 Å². The van der Waals surface area contributed by atoms with Gasteiger partial charge in [0.2, 0.25) is 0 Å². The molecule has 5 rings (SSSR count). The highest BCUT2D eigenvalue weighted by Gasteiger charge is 2.77. The first-order valence-corrected chi connectivity index (χ1v) is 12.2. The first-order valence-electron chi connectivity index (χ1n) is 12.2. The average molecular weight is 495 g/mol. The lowest BCUT2D eigenvalue weighted by atomic mass is 9.53. The third kappa shape index (κ3) is 3.26. The van der Waals surface area contributed by atoms with Crippen LogP contribution in [0.4, 0.5) is 0 Å². The van der Waals surface area contributed by atoms with Crippen LogP contribution in [-0.4, -0.2) is 82.6 Å². The Labute approximate surface area is 203 Å². The number of hydrogen-bond donors (Lipinski definition) is 2. The second-order valence-corrected chi connectivity index (χ2v) is 11.2. The van der Waals surface area contributed by atoms with Crippen molar-refractivity contribution in [3.8, 4) is 0 Å². The van der Waals surface area contributed by atoms with Crippen molar-refractivity contribution in [2.75, 3.05) is 0 Å². The fraction of sp³-hybridized carbons (Fsp3) is 0.800. The Morgan fingerprint density at radius 1 is 1.03 bits per heavy atom. The van der Waals surface area contributed by atoms with Gasteiger partial charge in [-0.05, 0) is 12.5 Å². The molecule has 14 atom stereocenters. The van der Waals surface area contributed by atoms with Crippen molar-refractivity contribution in [1.29, 1.82) is 0 Å². The zero-order valence-corrected chi connectivity index (χ0v) is 20.8. The van der Waals surface area contributed by atoms with Crippen LogP contribution in [0.3, 0.4) is 0 Å². The molecule has 0 aromatic rings. The Morgan fingerprint density at radius 2 is 1.66 bits per heavy atom. The summed E-state index contributed by atoms with van der Waals surface area (Å²) in [4.78, 5) is 37.2. The number of hydrogen-bond acceptors (Lipinski definition) is 10. The number of aliphatic hydroxyl groups excluding tert-OH is 1. The van der Waals surface area contributed by atoms with Crippen LogP contribution in [0.1, 0.15) is 41.5 Å². The fourth-order valence-corrected chi connectivity index (χ4v) is 7.24. The van der Waals surface area contributed by atoms with Crippen molar-refractivity contribution in [1.82, 2.24) is 0 Å². The van der Waals surface area contributed by atoms with E-state index in [1.165, 1.54) is 20.8 Å². The molecular weight excluding hydrogens is 460 g/mol. The lowest BCUT2D eigenvalue weighted by molar-refractivity contribution is -0.227. The molecule has 2 N–H and O–H groups in total. The fourth-order valence-electron chi connectivity index (χ4n) is 7.24. The summed E-state index contributed by atoms with van der Waals surface area (Å²) < 4.78 is 29.1. The SMILES string of the molecule is C=C1[C@H]2O[C@H]2[C@H](O)[C@]2(C)[C@H]([C@@H](C)[C@@H](OC(C)=O)[C@@H]3O[C@@H]32)[C@H](OC(C)=O)[C@]2(O)[C@@H](C)C(=O)O[C@H]2[C@H]1C. The highest BCUT2D eigenvalue weighted by molar-refractivity contribution is 5.77. The summed E-state index contributed by atoms with van der Waals surface area (Å²) in [5, 5.41) is 24.1. The van der Waals surface area contributed by atoms with Crippen LogP contribution in [0.5, 0.6) is 0 Å². The van der Waals surface area contributed by atoms with Gasteiger partial charge in [-0.2, -0.15) is 0 Å². The van der Waals surface area contributed by atoms with Gasteiger partial charge >= 0.3 is 17.9 Å². The number of esters is 3. The molecule has 194 valence electrons. The monoisotopic (exact) mass is 494 g/mol. The first-order chi connectivity index (χ1) is 16.3. The van der Waals surface area contributed by atoms with Crippen LogP contribution < -0.4 is 0 Å². The minimum Gasteiger partial charge on any atom is -0.459 e. The first kappa shape index (κ1) is 24.7. The normalized spacial score (nSPS) is 54.3. The van der Waals surface area contributed by atoms with Gasteiger partial charge in [0.05, 0.1) is 18.1 Å². The largest absolute Gasteiger partial charge is 0.459 e. The Balaban J connectivity index is 1.72. The summed E-state index contributed by atoms with van der Waals surface area (Å²) in [5.41, 5.74) is -2.44. The van der Waals surface area contributed by atoms with Crippen molar-refractivity contribution in [2.24, 2.45) is 29.1 Å². The number of carbonyl (C=O) groups is 3. The summed E-state index contributed by atoms with van der Waals surface area (Å²) in [7, 11) is 0. The summed E-state index contributed by atoms with van der Waals surface area (Å²) >= 11 is 0. The van der Waals surface area contributed by atoms with Gasteiger partial charge in [0.1, 0.15) is 36.6 Å². The molecule has 10 heteroatoms. The van der Waals surface area contributed by atoms with Gasteiger partial charge in [-0.25, -0.2) is 0 Å². The van der Waals surface area contributed by atoms with E-state index in [2.05, 4.69) is 6.58 Å². The third-order valence-corrected chi connectivity index (χ3v) is 9.27. The van der Waals surface area contributed by atoms with Gasteiger partial charge in [-0.1, -0.05) is 27.4 Å². The van der Waals surface area contributed by atoms with Gasteiger partial charge < -0.3 is 33.9 Å². The number of epoxide rings is 2. The van der Waals surface area contributed by atoms with Gasteiger partial charge in [0, 0.05) is 37.0 Å². The van der Waals surface area contributed by atoms with E-state index in [-0.39, 0.29) is 0 Å². The van der Waals surface area contributed by atoms with Gasteiger partial charge in [-0.15, -0.1) is 0 Å². The lowest BCUT2D eigenvalue weighted by Crippen LogP contribution is -2.68. The minimum atomic E-state index is -1.95. The maximum atomic E-state index is 12.9. The number of ether oxygens (including phenoxy) is 5. The Bertz CT molecular complexity index is 979. The van der Waals surface area contributed by atoms with E-state index < -0.39 is 101 Å². The topological polar surface area (TPSA) is 144 Å². The zero-order valence-electron chi connectivity index (χ0n) is 20.8. The average Bonchev–Trinajstić information content (AvgIpc) is 3.69. The molecule has 5 fully saturated rings. The Morgan fingerprint density at radius 3 is 2.26 bits per heavy atom. The van der Waals surface area contributed by atoms with Crippen molar-refractivity contribution in [3.63, 3.8) is 0 Å². The molecule has 3 aliphatic heterocycles. The van der Waals surface area contributed by atoms with Gasteiger partial charge in [0.15, 0.2) is 5.60 Å². The summed E-state index contributed by atoms with van der Waals surface area (Å²) in [6.07, 6.45) is -6.19. The van der Waals surface area contributed by atoms with Gasteiger partial charge in [-0.3, -0.25) is 14.4 Å². The van der Waals surface area contributed by atoms with E-state index in [4.69, 9.17) is 23.7 Å². The molecule has 0 bridgehead atoms. The lowest BCUT2D eigenvalue weighted by Gasteiger charge is -2.54. The summed E-state index contributed by atoms with van der Waals surface area (Å²) in [6, 6.07) is 0. The van der Waals surface area contributed by atoms with E-state index >= 15 is 0 Å². The van der Waals surface area contributed by atoms with Crippen LogP contribution in [0, 0.1) is 29.1 Å². The second kappa shape index (κ2) is 7.74. The molecule has 0 unspecified atom stereocenters. The molecular formula is C25H34O10. The quantitative estimate of drug-likeness (QED) is 0.241. The molecule has 10 nitrogen and oxygen atoms in total. The molecule has 3 saturated heterocycles. The van der Waals surface area contributed by atoms with Crippen molar-refractivity contribution >= 4 is 17.9 Å². The van der Waals surface area contributed by atoms with Crippen LogP contribution in [0.15, 0.2) is 12.2 Å². The number of carbonyl (C=O) groups excluding carboxylic acids is 3. The van der Waals surface area contributed by atoms with E-state index in [1.54, 1.807) is 6.92 Å². The molecule has 0 aromatic heterocycles. The van der Waals surface area contributed by atoms with Crippen molar-refractivity contribution in [3.05, 3.63) is 12.2 Å². The van der Waals surface area contributed by atoms with Crippen LogP contribution in [0.25, 0.3) is 0 Å². The molecule has 3 heterocycles. The van der Waals surface area contributed by atoms with Crippen molar-refractivity contribution < 1.29 is 48.3 Å². The van der Waals surface area contributed by atoms with E-state index in [0.29, 0.717) is 5.57 Å². The number of fused-ring (bicyclic) bond motifs is 5. The third-order valence-electron chi connectivity index (χ3n) is 9.27. The molecule has 0 amide bonds. The molecule has 0 spiro atoms. The molecule has 5 aliphatic rings. The van der Waals surface area contributed by atoms with E-state index in [9.17, 15) is 24.6 Å². The Hall–Kier alpha value is -2.01. The van der Waals surface area contributed by atoms with E-state index in [0.717, 1.165) is 0 Å². The van der Waals surface area contributed by atoms with Crippen LogP contribution >= 0.6 is 0 Å². The maximum Gasteiger partial charge on any atom is 0.312 e. The maximum absolute atomic E-state index is 12.9. The highest BCUT2D eigenvalue weighted by atomic mass is 16.6. The molecule has 35 heavy (non-hydrogen) atoms. The standard InChI is InChI=1S/C25H34O10/c1-8-9(2)20-25(30,11(4)23(29)35-20)21(32-13(6)27)14-10(3)16(31-12(5)26)18-22(34-18)24(14,7)19(28)17-15(8)33-17/h9-11,14-22,28,30H,1H2,2-7H3/t9-,10+,11-,14+,15+,16+,17+,18-,19-,20-,21-,22-,24-,25-/m0/s1. The minimum absolute atomic E-state index is 0.464. The Kier molecular flexibility index (Phi) is 5.46. The molecule has 2 saturated carbocycles. The predicted molar refractivity (Wildman–Crippen MR) is 117 cm³/mol. The zero-order chi connectivity index (χ0) is 25.8. The van der Waals surface area contributed by atoms with Crippen molar-refractivity contribution in [2.45, 2.75) is 96.0 Å². The summed E-state index contributed by atoms with van der Waals surface area (Å²) in [6.45, 7) is 13.6. The molecule has 0 radical (unpaired) electrons. The van der Waals surface area contributed by atoms with Crippen LogP contribution in [-0.2, 0) is 38.1 Å². The highest BCUT2D eigenvalue weighted by Crippen LogP contribution is 2.63. The number of aliphatic hydroxyl groups is 2. The van der Waals surface area contributed by atoms with E-state index in [1.807, 2.05) is 13.8 Å². The summed E-state index contributed by atoms with van der Waals surface area (Å²) in [5.74, 6) is -4.66.